The van der Waals surface area contributed by atoms with Gasteiger partial charge in [0.2, 0.25) is 0 Å². The van der Waals surface area contributed by atoms with Gasteiger partial charge in [-0.25, -0.2) is 4.39 Å². The number of hydrogen-bond donors (Lipinski definition) is 0. The van der Waals surface area contributed by atoms with Crippen LogP contribution >= 0.6 is 11.6 Å². The smallest absolute Gasteiger partial charge is 0.311 e. The molecule has 0 saturated carbocycles. The van der Waals surface area contributed by atoms with Gasteiger partial charge in [-0.1, -0.05) is 11.6 Å². The molecule has 5 nitrogen and oxygen atoms in total. The average molecular weight is 307 g/mol. The van der Waals surface area contributed by atoms with Crippen LogP contribution < -0.4 is 4.74 Å². The van der Waals surface area contributed by atoms with Crippen LogP contribution in [-0.4, -0.2) is 4.92 Å². The van der Waals surface area contributed by atoms with Crippen molar-refractivity contribution in [1.82, 2.24) is 0 Å². The Morgan fingerprint density at radius 3 is 2.76 bits per heavy atom. The molecule has 0 bridgehead atoms. The fourth-order valence-corrected chi connectivity index (χ4v) is 1.88. The van der Waals surface area contributed by atoms with Crippen LogP contribution in [-0.2, 0) is 6.61 Å². The molecule has 0 aromatic heterocycles. The topological polar surface area (TPSA) is 76.2 Å². The van der Waals surface area contributed by atoms with Crippen molar-refractivity contribution in [2.24, 2.45) is 0 Å². The maximum atomic E-state index is 13.3. The maximum Gasteiger partial charge on any atom is 0.311 e. The van der Waals surface area contributed by atoms with Gasteiger partial charge < -0.3 is 4.74 Å². The lowest BCUT2D eigenvalue weighted by Gasteiger charge is -2.07. The minimum atomic E-state index is -0.599. The Morgan fingerprint density at radius 2 is 2.10 bits per heavy atom. The Kier molecular flexibility index (Phi) is 4.36. The second kappa shape index (κ2) is 6.20. The van der Waals surface area contributed by atoms with Crippen LogP contribution in [0.25, 0.3) is 0 Å². The number of nitro benzene ring substituents is 1. The minimum Gasteiger partial charge on any atom is -0.482 e. The summed E-state index contributed by atoms with van der Waals surface area (Å²) in [6.07, 6.45) is 0. The summed E-state index contributed by atoms with van der Waals surface area (Å²) in [5, 5.41) is 19.9. The highest BCUT2D eigenvalue weighted by Crippen LogP contribution is 2.30. The molecule has 0 aliphatic heterocycles. The van der Waals surface area contributed by atoms with E-state index in [0.29, 0.717) is 5.56 Å². The predicted molar refractivity (Wildman–Crippen MR) is 73.6 cm³/mol. The Labute approximate surface area is 124 Å². The zero-order valence-electron chi connectivity index (χ0n) is 10.5. The summed E-state index contributed by atoms with van der Waals surface area (Å²) in [7, 11) is 0. The van der Waals surface area contributed by atoms with Crippen molar-refractivity contribution in [3.63, 3.8) is 0 Å². The van der Waals surface area contributed by atoms with E-state index in [1.807, 2.05) is 6.07 Å². The average Bonchev–Trinajstić information content (AvgIpc) is 2.44. The second-order valence-electron chi connectivity index (χ2n) is 4.12. The fourth-order valence-electron chi connectivity index (χ4n) is 1.71. The summed E-state index contributed by atoms with van der Waals surface area (Å²) in [5.41, 5.74) is 0.298. The van der Waals surface area contributed by atoms with Crippen LogP contribution in [0.2, 0.25) is 5.02 Å². The summed E-state index contributed by atoms with van der Waals surface area (Å²) in [5.74, 6) is -0.594. The van der Waals surface area contributed by atoms with Gasteiger partial charge in [0.1, 0.15) is 12.4 Å². The molecular formula is C14H8ClFN2O3. The lowest BCUT2D eigenvalue weighted by atomic mass is 10.1. The fraction of sp³-hybridized carbons (Fsp3) is 0.0714. The quantitative estimate of drug-likeness (QED) is 0.635. The third-order valence-electron chi connectivity index (χ3n) is 2.60. The van der Waals surface area contributed by atoms with E-state index in [1.54, 1.807) is 0 Å². The monoisotopic (exact) mass is 306 g/mol. The van der Waals surface area contributed by atoms with Crippen molar-refractivity contribution in [3.05, 3.63) is 68.5 Å². The van der Waals surface area contributed by atoms with Crippen LogP contribution in [0.4, 0.5) is 10.1 Å². The lowest BCUT2D eigenvalue weighted by molar-refractivity contribution is -0.385. The van der Waals surface area contributed by atoms with Crippen LogP contribution in [0.1, 0.15) is 11.1 Å². The number of benzene rings is 2. The highest BCUT2D eigenvalue weighted by atomic mass is 35.5. The van der Waals surface area contributed by atoms with Crippen LogP contribution in [0.3, 0.4) is 0 Å². The number of ether oxygens (including phenoxy) is 1. The predicted octanol–water partition coefficient (Wildman–Crippen LogP) is 3.84. The van der Waals surface area contributed by atoms with E-state index >= 15 is 0 Å². The minimum absolute atomic E-state index is 0.0183. The van der Waals surface area contributed by atoms with Gasteiger partial charge in [-0.15, -0.1) is 0 Å². The largest absolute Gasteiger partial charge is 0.482 e. The first-order chi connectivity index (χ1) is 9.99. The highest BCUT2D eigenvalue weighted by molar-refractivity contribution is 6.30. The van der Waals surface area contributed by atoms with E-state index in [2.05, 4.69) is 0 Å². The number of rotatable bonds is 4. The Hall–Kier alpha value is -2.65. The van der Waals surface area contributed by atoms with Crippen molar-refractivity contribution in [2.75, 3.05) is 0 Å². The van der Waals surface area contributed by atoms with Crippen LogP contribution in [0.5, 0.6) is 5.75 Å². The molecule has 0 amide bonds. The van der Waals surface area contributed by atoms with Crippen LogP contribution in [0, 0.1) is 27.3 Å². The normalized spacial score (nSPS) is 9.95. The maximum absolute atomic E-state index is 13.3. The summed E-state index contributed by atoms with van der Waals surface area (Å²) in [4.78, 5) is 10.3. The van der Waals surface area contributed by atoms with Gasteiger partial charge in [-0.05, 0) is 29.8 Å². The Balaban J connectivity index is 2.24. The molecule has 0 fully saturated rings. The zero-order chi connectivity index (χ0) is 15.4. The molecule has 0 aliphatic rings. The number of halogens is 2. The van der Waals surface area contributed by atoms with Crippen LogP contribution in [0.15, 0.2) is 36.4 Å². The summed E-state index contributed by atoms with van der Waals surface area (Å²) < 4.78 is 18.6. The van der Waals surface area contributed by atoms with Crippen molar-refractivity contribution in [1.29, 1.82) is 5.26 Å². The molecule has 0 radical (unpaired) electrons. The van der Waals surface area contributed by atoms with Crippen molar-refractivity contribution in [3.8, 4) is 11.8 Å². The van der Waals surface area contributed by atoms with E-state index in [0.717, 1.165) is 6.07 Å². The Morgan fingerprint density at radius 1 is 1.33 bits per heavy atom. The number of nitriles is 1. The highest BCUT2D eigenvalue weighted by Gasteiger charge is 2.15. The van der Waals surface area contributed by atoms with E-state index in [-0.39, 0.29) is 28.6 Å². The van der Waals surface area contributed by atoms with Crippen molar-refractivity contribution in [2.45, 2.75) is 6.61 Å². The summed E-state index contributed by atoms with van der Waals surface area (Å²) >= 11 is 5.77. The number of nitrogens with zero attached hydrogens (tertiary/aromatic N) is 2. The Bertz CT molecular complexity index is 743. The third kappa shape index (κ3) is 3.68. The van der Waals surface area contributed by atoms with Crippen molar-refractivity contribution < 1.29 is 14.1 Å². The molecule has 0 unspecified atom stereocenters. The first kappa shape index (κ1) is 14.8. The van der Waals surface area contributed by atoms with Gasteiger partial charge in [0.25, 0.3) is 0 Å². The van der Waals surface area contributed by atoms with Gasteiger partial charge in [0.05, 0.1) is 16.6 Å². The van der Waals surface area contributed by atoms with E-state index in [9.17, 15) is 14.5 Å². The standard InChI is InChI=1S/C14H8ClFN2O3/c15-11-1-2-13(18(19)20)14(6-11)21-8-10-3-9(7-17)4-12(16)5-10/h1-6H,8H2. The zero-order valence-corrected chi connectivity index (χ0v) is 11.3. The molecule has 0 N–H and O–H groups in total. The van der Waals surface area contributed by atoms with Gasteiger partial charge in [-0.2, -0.15) is 5.26 Å². The SMILES string of the molecule is N#Cc1cc(F)cc(COc2cc(Cl)ccc2[N+](=O)[O-])c1. The first-order valence-corrected chi connectivity index (χ1v) is 6.13. The lowest BCUT2D eigenvalue weighted by Crippen LogP contribution is -2.00. The molecule has 0 aliphatic carbocycles. The van der Waals surface area contributed by atoms with Gasteiger partial charge in [0.15, 0.2) is 5.75 Å². The van der Waals surface area contributed by atoms with E-state index in [1.165, 1.54) is 30.3 Å². The summed E-state index contributed by atoms with van der Waals surface area (Å²) in [6, 6.07) is 9.46. The molecular weight excluding hydrogens is 299 g/mol. The number of hydrogen-bond acceptors (Lipinski definition) is 4. The molecule has 0 spiro atoms. The molecule has 2 aromatic rings. The van der Waals surface area contributed by atoms with Crippen molar-refractivity contribution >= 4 is 17.3 Å². The van der Waals surface area contributed by atoms with E-state index < -0.39 is 10.7 Å². The molecule has 0 saturated heterocycles. The van der Waals surface area contributed by atoms with Gasteiger partial charge >= 0.3 is 5.69 Å². The second-order valence-corrected chi connectivity index (χ2v) is 4.55. The van der Waals surface area contributed by atoms with Gasteiger partial charge in [-0.3, -0.25) is 10.1 Å². The molecule has 106 valence electrons. The molecule has 21 heavy (non-hydrogen) atoms. The first-order valence-electron chi connectivity index (χ1n) is 5.76. The molecule has 2 aromatic carbocycles. The van der Waals surface area contributed by atoms with E-state index in [4.69, 9.17) is 21.6 Å². The molecule has 7 heteroatoms. The van der Waals surface area contributed by atoms with Gasteiger partial charge in [0, 0.05) is 17.2 Å². The summed E-state index contributed by atoms with van der Waals surface area (Å²) in [6.45, 7) is -0.117. The molecule has 2 rings (SSSR count). The number of nitro groups is 1. The third-order valence-corrected chi connectivity index (χ3v) is 2.83. The molecule has 0 atom stereocenters. The molecule has 0 heterocycles.